The van der Waals surface area contributed by atoms with Crippen LogP contribution < -0.4 is 0 Å². The van der Waals surface area contributed by atoms with E-state index in [-0.39, 0.29) is 11.8 Å². The zero-order chi connectivity index (χ0) is 15.5. The topological polar surface area (TPSA) is 32.8 Å². The van der Waals surface area contributed by atoms with E-state index < -0.39 is 0 Å². The van der Waals surface area contributed by atoms with Gasteiger partial charge >= 0.3 is 0 Å². The average Bonchev–Trinajstić information content (AvgIpc) is 3.09. The van der Waals surface area contributed by atoms with Crippen LogP contribution in [0.25, 0.3) is 0 Å². The lowest BCUT2D eigenvalue weighted by Gasteiger charge is -2.39. The summed E-state index contributed by atoms with van der Waals surface area (Å²) in [5, 5.41) is 0.769. The molecule has 0 aliphatic carbocycles. The van der Waals surface area contributed by atoms with E-state index in [1.807, 2.05) is 17.0 Å². The molecule has 1 amide bonds. The smallest absolute Gasteiger partial charge is 0.228 e. The van der Waals surface area contributed by atoms with Crippen LogP contribution in [-0.4, -0.2) is 55.1 Å². The Balaban J connectivity index is 1.54. The van der Waals surface area contributed by atoms with Gasteiger partial charge in [0.15, 0.2) is 0 Å². The Labute approximate surface area is 137 Å². The quantitative estimate of drug-likeness (QED) is 0.857. The molecule has 0 spiro atoms. The van der Waals surface area contributed by atoms with Crippen LogP contribution in [0, 0.1) is 5.92 Å². The number of carbonyl (C=O) groups excluding carboxylic acids is 1. The molecule has 0 unspecified atom stereocenters. The summed E-state index contributed by atoms with van der Waals surface area (Å²) in [7, 11) is 0. The number of hydrogen-bond donors (Lipinski definition) is 0. The number of halogens is 1. The molecule has 0 bridgehead atoms. The second kappa shape index (κ2) is 6.99. The predicted molar refractivity (Wildman–Crippen MR) is 86.9 cm³/mol. The molecule has 1 aromatic carbocycles. The van der Waals surface area contributed by atoms with E-state index in [1.54, 1.807) is 0 Å². The second-order valence-electron chi connectivity index (χ2n) is 6.15. The van der Waals surface area contributed by atoms with Gasteiger partial charge in [0.2, 0.25) is 5.91 Å². The first-order chi connectivity index (χ1) is 10.6. The summed E-state index contributed by atoms with van der Waals surface area (Å²) in [4.78, 5) is 16.8. The lowest BCUT2D eigenvalue weighted by Crippen LogP contribution is -2.50. The third-order valence-electron chi connectivity index (χ3n) is 4.80. The van der Waals surface area contributed by atoms with Crippen molar-refractivity contribution in [1.82, 2.24) is 9.80 Å². The van der Waals surface area contributed by atoms with Crippen LogP contribution in [0.3, 0.4) is 0 Å². The van der Waals surface area contributed by atoms with Crippen molar-refractivity contribution in [2.24, 2.45) is 5.92 Å². The normalized spacial score (nSPS) is 24.5. The van der Waals surface area contributed by atoms with Crippen molar-refractivity contribution >= 4 is 17.5 Å². The maximum absolute atomic E-state index is 12.4. The summed E-state index contributed by atoms with van der Waals surface area (Å²) >= 11 is 5.95. The maximum atomic E-state index is 12.4. The summed E-state index contributed by atoms with van der Waals surface area (Å²) < 4.78 is 5.33. The molecule has 0 saturated carbocycles. The second-order valence-corrected chi connectivity index (χ2v) is 6.59. The van der Waals surface area contributed by atoms with Crippen LogP contribution in [0.5, 0.6) is 0 Å². The molecule has 5 heteroatoms. The van der Waals surface area contributed by atoms with Gasteiger partial charge in [0.05, 0.1) is 12.5 Å². The highest BCUT2D eigenvalue weighted by molar-refractivity contribution is 6.30. The van der Waals surface area contributed by atoms with Gasteiger partial charge in [-0.25, -0.2) is 0 Å². The molecule has 2 atom stereocenters. The summed E-state index contributed by atoms with van der Waals surface area (Å²) in [6.45, 7) is 7.00. The molecule has 2 aliphatic heterocycles. The number of piperazine rings is 1. The molecular weight excluding hydrogens is 300 g/mol. The Morgan fingerprint density at radius 2 is 1.91 bits per heavy atom. The van der Waals surface area contributed by atoms with E-state index in [0.717, 1.165) is 44.2 Å². The Kier molecular flexibility index (Phi) is 5.01. The summed E-state index contributed by atoms with van der Waals surface area (Å²) in [6.07, 6.45) is 0.875. The molecule has 0 aromatic heterocycles. The first kappa shape index (κ1) is 15.8. The lowest BCUT2D eigenvalue weighted by molar-refractivity contribution is -0.137. The van der Waals surface area contributed by atoms with Crippen molar-refractivity contribution in [3.8, 4) is 0 Å². The molecule has 2 saturated heterocycles. The fourth-order valence-corrected chi connectivity index (χ4v) is 3.40. The molecule has 120 valence electrons. The first-order valence-electron chi connectivity index (χ1n) is 8.01. The molecule has 3 rings (SSSR count). The van der Waals surface area contributed by atoms with Gasteiger partial charge in [-0.05, 0) is 31.0 Å². The molecule has 2 heterocycles. The van der Waals surface area contributed by atoms with Crippen molar-refractivity contribution in [1.29, 1.82) is 0 Å². The van der Waals surface area contributed by atoms with Gasteiger partial charge in [-0.3, -0.25) is 9.69 Å². The van der Waals surface area contributed by atoms with E-state index in [2.05, 4.69) is 24.0 Å². The average molecular weight is 323 g/mol. The fourth-order valence-electron chi connectivity index (χ4n) is 3.27. The molecular formula is C17H23ClN2O2. The molecule has 22 heavy (non-hydrogen) atoms. The van der Waals surface area contributed by atoms with Crippen molar-refractivity contribution in [3.63, 3.8) is 0 Å². The number of ether oxygens (including phenoxy) is 1. The van der Waals surface area contributed by atoms with Gasteiger partial charge in [0.25, 0.3) is 0 Å². The zero-order valence-corrected chi connectivity index (χ0v) is 13.8. The fraction of sp³-hybridized carbons (Fsp3) is 0.588. The Morgan fingerprint density at radius 3 is 2.50 bits per heavy atom. The predicted octanol–water partition coefficient (Wildman–Crippen LogP) is 2.58. The number of benzene rings is 1. The van der Waals surface area contributed by atoms with E-state index >= 15 is 0 Å². The standard InChI is InChI=1S/C17H23ClN2O2/c1-13(14-2-4-16(18)5-3-14)19-7-9-20(10-8-19)17(21)15-6-11-22-12-15/h2-5,13,15H,6-12H2,1H3/t13-,15-/m1/s1. The number of carbonyl (C=O) groups is 1. The van der Waals surface area contributed by atoms with Crippen molar-refractivity contribution in [2.75, 3.05) is 39.4 Å². The molecule has 2 aliphatic rings. The van der Waals surface area contributed by atoms with Crippen LogP contribution >= 0.6 is 11.6 Å². The Bertz CT molecular complexity index is 506. The third kappa shape index (κ3) is 3.45. The van der Waals surface area contributed by atoms with Crippen LogP contribution in [-0.2, 0) is 9.53 Å². The van der Waals surface area contributed by atoms with Gasteiger partial charge in [-0.2, -0.15) is 0 Å². The monoisotopic (exact) mass is 322 g/mol. The lowest BCUT2D eigenvalue weighted by atomic mass is 10.0. The van der Waals surface area contributed by atoms with Crippen LogP contribution in [0.4, 0.5) is 0 Å². The van der Waals surface area contributed by atoms with Gasteiger partial charge in [-0.1, -0.05) is 23.7 Å². The zero-order valence-electron chi connectivity index (χ0n) is 13.0. The van der Waals surface area contributed by atoms with Gasteiger partial charge < -0.3 is 9.64 Å². The van der Waals surface area contributed by atoms with Crippen LogP contribution in [0.2, 0.25) is 5.02 Å². The molecule has 0 radical (unpaired) electrons. The molecule has 0 N–H and O–H groups in total. The van der Waals surface area contributed by atoms with Crippen LogP contribution in [0.1, 0.15) is 24.9 Å². The minimum absolute atomic E-state index is 0.0836. The van der Waals surface area contributed by atoms with Crippen molar-refractivity contribution in [3.05, 3.63) is 34.9 Å². The summed E-state index contributed by atoms with van der Waals surface area (Å²) in [6, 6.07) is 8.39. The van der Waals surface area contributed by atoms with Crippen molar-refractivity contribution in [2.45, 2.75) is 19.4 Å². The van der Waals surface area contributed by atoms with E-state index in [0.29, 0.717) is 12.6 Å². The highest BCUT2D eigenvalue weighted by Crippen LogP contribution is 2.24. The largest absolute Gasteiger partial charge is 0.381 e. The number of rotatable bonds is 3. The van der Waals surface area contributed by atoms with E-state index in [4.69, 9.17) is 16.3 Å². The first-order valence-corrected chi connectivity index (χ1v) is 8.39. The number of hydrogen-bond acceptors (Lipinski definition) is 3. The SMILES string of the molecule is C[C@H](c1ccc(Cl)cc1)N1CCN(C(=O)[C@@H]2CCOC2)CC1. The van der Waals surface area contributed by atoms with Gasteiger partial charge in [-0.15, -0.1) is 0 Å². The summed E-state index contributed by atoms with van der Waals surface area (Å²) in [5.41, 5.74) is 1.27. The van der Waals surface area contributed by atoms with Crippen molar-refractivity contribution < 1.29 is 9.53 Å². The van der Waals surface area contributed by atoms with Crippen LogP contribution in [0.15, 0.2) is 24.3 Å². The number of amides is 1. The third-order valence-corrected chi connectivity index (χ3v) is 5.06. The highest BCUT2D eigenvalue weighted by Gasteiger charge is 2.31. The maximum Gasteiger partial charge on any atom is 0.228 e. The summed E-state index contributed by atoms with van der Waals surface area (Å²) in [5.74, 6) is 0.358. The van der Waals surface area contributed by atoms with E-state index in [1.165, 1.54) is 5.56 Å². The number of nitrogens with zero attached hydrogens (tertiary/aromatic N) is 2. The van der Waals surface area contributed by atoms with E-state index in [9.17, 15) is 4.79 Å². The minimum Gasteiger partial charge on any atom is -0.381 e. The Hall–Kier alpha value is -1.10. The molecule has 4 nitrogen and oxygen atoms in total. The Morgan fingerprint density at radius 1 is 1.23 bits per heavy atom. The molecule has 1 aromatic rings. The van der Waals surface area contributed by atoms with Gasteiger partial charge in [0, 0.05) is 43.9 Å². The molecule has 2 fully saturated rings. The minimum atomic E-state index is 0.0836. The van der Waals surface area contributed by atoms with Gasteiger partial charge in [0.1, 0.15) is 0 Å². The highest BCUT2D eigenvalue weighted by atomic mass is 35.5.